The molecule has 17 nitrogen and oxygen atoms in total. The minimum Gasteiger partial charge on any atom is -0.489 e. The Hall–Kier alpha value is -7.43. The summed E-state index contributed by atoms with van der Waals surface area (Å²) in [6.07, 6.45) is -8.01. The van der Waals surface area contributed by atoms with Gasteiger partial charge in [0.1, 0.15) is 60.2 Å². The van der Waals surface area contributed by atoms with Gasteiger partial charge in [0, 0.05) is 48.7 Å². The van der Waals surface area contributed by atoms with E-state index in [0.717, 1.165) is 34.7 Å². The molecular weight excluding hydrogens is 1230 g/mol. The first-order valence-electron chi connectivity index (χ1n) is 30.4. The first-order chi connectivity index (χ1) is 41.8. The third-order valence-electron chi connectivity index (χ3n) is 13.0. The van der Waals surface area contributed by atoms with E-state index in [0.29, 0.717) is 60.0 Å². The molecular formula is C68H93ClF6N4O13. The number of rotatable bonds is 20. The predicted octanol–water partition coefficient (Wildman–Crippen LogP) is 15.3. The van der Waals surface area contributed by atoms with Crippen LogP contribution in [0.5, 0.6) is 11.5 Å². The van der Waals surface area contributed by atoms with Gasteiger partial charge in [0.25, 0.3) is 0 Å². The Labute approximate surface area is 543 Å². The largest absolute Gasteiger partial charge is 0.489 e. The normalized spacial score (nSPS) is 13.0. The lowest BCUT2D eigenvalue weighted by Gasteiger charge is -2.29. The summed E-state index contributed by atoms with van der Waals surface area (Å²) in [6.45, 7) is 28.4. The maximum atomic E-state index is 13.8. The van der Waals surface area contributed by atoms with Crippen LogP contribution in [0.2, 0.25) is 0 Å². The van der Waals surface area contributed by atoms with Gasteiger partial charge in [-0.2, -0.15) is 26.3 Å². The van der Waals surface area contributed by atoms with Gasteiger partial charge in [-0.1, -0.05) is 52.0 Å². The van der Waals surface area contributed by atoms with Gasteiger partial charge in [-0.15, -0.1) is 12.4 Å². The second kappa shape index (κ2) is 33.4. The highest BCUT2D eigenvalue weighted by atomic mass is 35.5. The molecule has 0 bridgehead atoms. The molecule has 0 atom stereocenters. The molecule has 0 aliphatic carbocycles. The minimum absolute atomic E-state index is 0. The van der Waals surface area contributed by atoms with Crippen LogP contribution in [0.1, 0.15) is 168 Å². The molecule has 0 unspecified atom stereocenters. The Balaban J connectivity index is 0.000000396. The van der Waals surface area contributed by atoms with Crippen molar-refractivity contribution < 1.29 is 88.6 Å². The smallest absolute Gasteiger partial charge is 0.416 e. The van der Waals surface area contributed by atoms with E-state index in [1.54, 1.807) is 124 Å². The highest BCUT2D eigenvalue weighted by molar-refractivity contribution is 5.98. The average molecular weight is 1320 g/mol. The Morgan fingerprint density at radius 2 is 0.957 bits per heavy atom. The van der Waals surface area contributed by atoms with Crippen molar-refractivity contribution in [2.75, 3.05) is 49.5 Å². The summed E-state index contributed by atoms with van der Waals surface area (Å²) < 4.78 is 114. The molecule has 4 aromatic carbocycles. The van der Waals surface area contributed by atoms with Crippen LogP contribution in [0.15, 0.2) is 72.8 Å². The minimum atomic E-state index is -4.51. The number of benzene rings is 4. The van der Waals surface area contributed by atoms with Crippen molar-refractivity contribution in [3.8, 4) is 11.5 Å². The van der Waals surface area contributed by atoms with Crippen molar-refractivity contribution in [3.05, 3.63) is 117 Å². The number of nitrogens with zero attached hydrogens (tertiary/aromatic N) is 3. The summed E-state index contributed by atoms with van der Waals surface area (Å²) in [5.41, 5.74) is 0.991. The molecule has 24 heteroatoms. The first-order valence-corrected chi connectivity index (χ1v) is 30.4. The highest BCUT2D eigenvalue weighted by Crippen LogP contribution is 2.37. The molecule has 2 heterocycles. The number of carboxylic acid groups (broad SMARTS) is 1. The molecule has 512 valence electrons. The van der Waals surface area contributed by atoms with Crippen molar-refractivity contribution in [2.45, 2.75) is 197 Å². The van der Waals surface area contributed by atoms with Crippen LogP contribution in [0.4, 0.5) is 47.3 Å². The Morgan fingerprint density at radius 3 is 1.36 bits per heavy atom. The van der Waals surface area contributed by atoms with Crippen molar-refractivity contribution in [1.82, 2.24) is 9.80 Å². The first kappa shape index (κ1) is 78.8. The van der Waals surface area contributed by atoms with Crippen LogP contribution >= 0.6 is 12.4 Å². The zero-order valence-corrected chi connectivity index (χ0v) is 56.7. The van der Waals surface area contributed by atoms with E-state index in [-0.39, 0.29) is 81.0 Å². The summed E-state index contributed by atoms with van der Waals surface area (Å²) in [4.78, 5) is 76.6. The zero-order chi connectivity index (χ0) is 68.6. The van der Waals surface area contributed by atoms with Crippen molar-refractivity contribution in [3.63, 3.8) is 0 Å². The number of esters is 2. The number of carbonyl (C=O) groups is 6. The lowest BCUT2D eigenvalue weighted by Crippen LogP contribution is -2.45. The number of ether oxygens (including phenoxy) is 6. The molecule has 0 aromatic heterocycles. The number of hydrogen-bond donors (Lipinski definition) is 2. The molecule has 0 radical (unpaired) electrons. The second-order valence-corrected chi connectivity index (χ2v) is 27.2. The average Bonchev–Trinajstić information content (AvgIpc) is 4.13. The molecule has 2 aliphatic heterocycles. The number of nitrogens with one attached hydrogen (secondary N) is 1. The molecule has 2 aliphatic rings. The Bertz CT molecular complexity index is 3140. The van der Waals surface area contributed by atoms with E-state index in [9.17, 15) is 55.1 Å². The van der Waals surface area contributed by atoms with Gasteiger partial charge in [0.2, 0.25) is 5.91 Å². The maximum absolute atomic E-state index is 13.8. The molecule has 2 N–H and O–H groups in total. The monoisotopic (exact) mass is 1320 g/mol. The molecule has 0 saturated carbocycles. The van der Waals surface area contributed by atoms with Gasteiger partial charge < -0.3 is 43.7 Å². The fraction of sp³-hybridized carbons (Fsp3) is 0.559. The number of aliphatic carboxylic acids is 1. The maximum Gasteiger partial charge on any atom is 0.416 e. The Kier molecular flexibility index (Phi) is 28.6. The number of alkyl halides is 6. The second-order valence-electron chi connectivity index (χ2n) is 27.2. The van der Waals surface area contributed by atoms with Gasteiger partial charge in [0.15, 0.2) is 0 Å². The van der Waals surface area contributed by atoms with Crippen LogP contribution in [-0.2, 0) is 89.4 Å². The summed E-state index contributed by atoms with van der Waals surface area (Å²) in [7, 11) is 0. The van der Waals surface area contributed by atoms with Gasteiger partial charge in [-0.25, -0.2) is 9.59 Å². The van der Waals surface area contributed by atoms with Crippen molar-refractivity contribution in [2.24, 2.45) is 11.8 Å². The number of amides is 3. The lowest BCUT2D eigenvalue weighted by atomic mass is 9.98. The summed E-state index contributed by atoms with van der Waals surface area (Å²) >= 11 is 0. The van der Waals surface area contributed by atoms with E-state index in [1.807, 2.05) is 39.8 Å². The van der Waals surface area contributed by atoms with Crippen molar-refractivity contribution in [1.29, 1.82) is 0 Å². The number of fused-ring (bicyclic) bond motifs is 2. The summed E-state index contributed by atoms with van der Waals surface area (Å²) in [5, 5.41) is 12.1. The quantitative estimate of drug-likeness (QED) is 0.0481. The topological polar surface area (TPSA) is 200 Å². The number of carboxylic acids is 1. The third kappa shape index (κ3) is 28.2. The number of halogens is 7. The van der Waals surface area contributed by atoms with E-state index >= 15 is 0 Å². The summed E-state index contributed by atoms with van der Waals surface area (Å²) in [6, 6.07) is 19.5. The lowest BCUT2D eigenvalue weighted by molar-refractivity contribution is -0.156. The van der Waals surface area contributed by atoms with E-state index in [1.165, 1.54) is 29.2 Å². The number of hydrogen-bond acceptors (Lipinski definition) is 13. The fourth-order valence-electron chi connectivity index (χ4n) is 9.42. The van der Waals surface area contributed by atoms with E-state index < -0.39 is 82.5 Å². The van der Waals surface area contributed by atoms with Crippen LogP contribution in [0, 0.1) is 11.8 Å². The van der Waals surface area contributed by atoms with Crippen LogP contribution < -0.4 is 19.7 Å². The van der Waals surface area contributed by atoms with Gasteiger partial charge in [-0.05, 0) is 191 Å². The predicted molar refractivity (Wildman–Crippen MR) is 341 cm³/mol. The standard InChI is InChI=1S/C34H45F3N2O6.C20H22F3NO.C14H25NO6.ClH/c1-22(2)17-23-9-10-25(27(18-23)34(35,36)37)21-43-26-11-12-28-24(19-26)13-16-39(28)29(40)20-38(31(42)45-33(6,7)8)15-14-30(41)44-32(3,4)5;1-13(2)9-14-3-4-16(18(10-14)20(21,22)23)12-25-17-5-6-19-15(11-17)7-8-24-19;1-13(2,3)20-11(18)7-8-15(9-10(16)17)12(19)21-14(4,5)6;/h9-12,18-19,22H,13-17,20-21H2,1-8H3;3-6,10-11,13,24H,7-9,12H2,1-2H3;7-9H2,1-6H3,(H,16,17);1H. The Morgan fingerprint density at radius 1 is 0.543 bits per heavy atom. The molecule has 92 heavy (non-hydrogen) atoms. The number of carbonyl (C=O) groups excluding carboxylic acids is 5. The third-order valence-corrected chi connectivity index (χ3v) is 13.0. The van der Waals surface area contributed by atoms with Crippen LogP contribution in [0.25, 0.3) is 0 Å². The fourth-order valence-corrected chi connectivity index (χ4v) is 9.42. The van der Waals surface area contributed by atoms with E-state index in [4.69, 9.17) is 33.5 Å². The molecule has 0 spiro atoms. The van der Waals surface area contributed by atoms with Crippen molar-refractivity contribution >= 4 is 59.8 Å². The van der Waals surface area contributed by atoms with Crippen LogP contribution in [-0.4, -0.2) is 113 Å². The van der Waals surface area contributed by atoms with Gasteiger partial charge >= 0.3 is 42.4 Å². The SMILES string of the molecule is CC(C)(C)OC(=O)CCN(CC(=O)O)C(=O)OC(C)(C)C.CC(C)Cc1ccc(COc2ccc3c(c2)CCN3)c(C(F)(F)F)c1.CC(C)Cc1ccc(COc2ccc3c(c2)CCN3C(=O)CN(CCC(=O)OC(C)(C)C)C(=O)OC(C)(C)C)c(C(F)(F)F)c1.Cl. The molecule has 0 fully saturated rings. The zero-order valence-electron chi connectivity index (χ0n) is 55.8. The molecule has 6 rings (SSSR count). The molecule has 0 saturated heterocycles. The van der Waals surface area contributed by atoms with Crippen LogP contribution in [0.3, 0.4) is 0 Å². The molecule has 3 amide bonds. The summed E-state index contributed by atoms with van der Waals surface area (Å²) in [5.74, 6) is -1.03. The highest BCUT2D eigenvalue weighted by Gasteiger charge is 2.36. The number of anilines is 2. The van der Waals surface area contributed by atoms with E-state index in [2.05, 4.69) is 5.32 Å². The van der Waals surface area contributed by atoms with Gasteiger partial charge in [0.05, 0.1) is 24.0 Å². The molecule has 4 aromatic rings. The van der Waals surface area contributed by atoms with Gasteiger partial charge in [-0.3, -0.25) is 29.0 Å².